The number of nitrogens with two attached hydrogens (primary N) is 1. The van der Waals surface area contributed by atoms with E-state index in [1.165, 1.54) is 0 Å². The van der Waals surface area contributed by atoms with Gasteiger partial charge in [-0.05, 0) is 38.4 Å². The lowest BCUT2D eigenvalue weighted by Crippen LogP contribution is -2.26. The van der Waals surface area contributed by atoms with E-state index in [0.29, 0.717) is 19.5 Å². The predicted molar refractivity (Wildman–Crippen MR) is 73.0 cm³/mol. The van der Waals surface area contributed by atoms with Gasteiger partial charge in [-0.25, -0.2) is 0 Å². The lowest BCUT2D eigenvalue weighted by atomic mass is 10.2. The summed E-state index contributed by atoms with van der Waals surface area (Å²) in [5, 5.41) is 0. The van der Waals surface area contributed by atoms with E-state index in [2.05, 4.69) is 4.98 Å². The maximum Gasteiger partial charge on any atom is 0.222 e. The van der Waals surface area contributed by atoms with Gasteiger partial charge in [-0.1, -0.05) is 12.5 Å². The normalized spacial score (nSPS) is 10.4. The second kappa shape index (κ2) is 7.82. The molecule has 0 spiro atoms. The molecular weight excluding hydrogens is 226 g/mol. The third-order valence-corrected chi connectivity index (χ3v) is 2.87. The van der Waals surface area contributed by atoms with E-state index in [1.54, 1.807) is 4.90 Å². The van der Waals surface area contributed by atoms with Crippen LogP contribution in [0.4, 0.5) is 0 Å². The summed E-state index contributed by atoms with van der Waals surface area (Å²) < 4.78 is 0. The number of carbonyl (C=O) groups excluding carboxylic acids is 1. The van der Waals surface area contributed by atoms with Crippen LogP contribution in [0, 0.1) is 6.92 Å². The van der Waals surface area contributed by atoms with Crippen molar-refractivity contribution in [2.45, 2.75) is 39.2 Å². The summed E-state index contributed by atoms with van der Waals surface area (Å²) >= 11 is 0. The highest BCUT2D eigenvalue weighted by atomic mass is 16.2. The van der Waals surface area contributed by atoms with Gasteiger partial charge in [-0.15, -0.1) is 0 Å². The van der Waals surface area contributed by atoms with E-state index in [0.717, 1.165) is 30.7 Å². The molecule has 0 aliphatic heterocycles. The minimum Gasteiger partial charge on any atom is -0.340 e. The molecule has 1 heterocycles. The van der Waals surface area contributed by atoms with Crippen LogP contribution in [-0.2, 0) is 11.3 Å². The van der Waals surface area contributed by atoms with Gasteiger partial charge in [0.15, 0.2) is 0 Å². The second-order valence-electron chi connectivity index (χ2n) is 4.62. The quantitative estimate of drug-likeness (QED) is 0.750. The first kappa shape index (κ1) is 14.6. The largest absolute Gasteiger partial charge is 0.340 e. The number of nitrogens with zero attached hydrogens (tertiary/aromatic N) is 2. The minimum absolute atomic E-state index is 0.176. The van der Waals surface area contributed by atoms with Crippen LogP contribution in [0.5, 0.6) is 0 Å². The van der Waals surface area contributed by atoms with Crippen molar-refractivity contribution in [3.05, 3.63) is 29.6 Å². The molecule has 0 saturated heterocycles. The van der Waals surface area contributed by atoms with Crippen molar-refractivity contribution < 1.29 is 4.79 Å². The Hall–Kier alpha value is -1.42. The molecule has 1 amide bonds. The number of amides is 1. The van der Waals surface area contributed by atoms with Gasteiger partial charge in [-0.3, -0.25) is 9.78 Å². The van der Waals surface area contributed by atoms with Crippen molar-refractivity contribution in [3.8, 4) is 0 Å². The summed E-state index contributed by atoms with van der Waals surface area (Å²) in [6, 6.07) is 5.88. The maximum absolute atomic E-state index is 11.9. The van der Waals surface area contributed by atoms with Crippen molar-refractivity contribution in [1.82, 2.24) is 9.88 Å². The summed E-state index contributed by atoms with van der Waals surface area (Å²) in [4.78, 5) is 18.0. The molecule has 1 aromatic rings. The first-order valence-electron chi connectivity index (χ1n) is 6.50. The first-order chi connectivity index (χ1) is 8.63. The molecule has 0 atom stereocenters. The van der Waals surface area contributed by atoms with E-state index in [9.17, 15) is 4.79 Å². The monoisotopic (exact) mass is 249 g/mol. The van der Waals surface area contributed by atoms with Gasteiger partial charge in [-0.2, -0.15) is 0 Å². The third kappa shape index (κ3) is 5.27. The summed E-state index contributed by atoms with van der Waals surface area (Å²) in [5.74, 6) is 0.176. The Kier molecular flexibility index (Phi) is 6.36. The molecule has 0 aliphatic rings. The fourth-order valence-corrected chi connectivity index (χ4v) is 1.81. The van der Waals surface area contributed by atoms with Gasteiger partial charge < -0.3 is 10.6 Å². The molecule has 1 aromatic heterocycles. The van der Waals surface area contributed by atoms with E-state index in [4.69, 9.17) is 5.73 Å². The van der Waals surface area contributed by atoms with Gasteiger partial charge in [0.25, 0.3) is 0 Å². The minimum atomic E-state index is 0.176. The molecule has 0 saturated carbocycles. The van der Waals surface area contributed by atoms with Crippen LogP contribution in [-0.4, -0.2) is 29.4 Å². The number of rotatable bonds is 7. The molecule has 0 aliphatic carbocycles. The fourth-order valence-electron chi connectivity index (χ4n) is 1.81. The Labute approximate surface area is 109 Å². The van der Waals surface area contributed by atoms with Crippen LogP contribution in [0.15, 0.2) is 18.2 Å². The van der Waals surface area contributed by atoms with E-state index >= 15 is 0 Å². The summed E-state index contributed by atoms with van der Waals surface area (Å²) in [6.07, 6.45) is 3.54. The van der Waals surface area contributed by atoms with Crippen molar-refractivity contribution in [3.63, 3.8) is 0 Å². The number of hydrogen-bond donors (Lipinski definition) is 1. The Morgan fingerprint density at radius 2 is 2.11 bits per heavy atom. The lowest BCUT2D eigenvalue weighted by Gasteiger charge is -2.16. The average molecular weight is 249 g/mol. The molecule has 4 heteroatoms. The number of unbranched alkanes of at least 4 members (excludes halogenated alkanes) is 2. The molecule has 0 unspecified atom stereocenters. The number of pyridine rings is 1. The Balaban J connectivity index is 2.35. The molecule has 0 bridgehead atoms. The van der Waals surface area contributed by atoms with Crippen LogP contribution in [0.25, 0.3) is 0 Å². The average Bonchev–Trinajstić information content (AvgIpc) is 2.34. The van der Waals surface area contributed by atoms with E-state index < -0.39 is 0 Å². The van der Waals surface area contributed by atoms with Gasteiger partial charge in [0.2, 0.25) is 5.91 Å². The van der Waals surface area contributed by atoms with Crippen LogP contribution >= 0.6 is 0 Å². The van der Waals surface area contributed by atoms with Crippen LogP contribution in [0.3, 0.4) is 0 Å². The number of carbonyl (C=O) groups is 1. The molecule has 100 valence electrons. The standard InChI is InChI=1S/C14H23N3O/c1-12-7-6-8-13(16-12)11-17(2)14(18)9-4-3-5-10-15/h6-8H,3-5,9-11,15H2,1-2H3. The molecule has 0 radical (unpaired) electrons. The van der Waals surface area contributed by atoms with Crippen LogP contribution < -0.4 is 5.73 Å². The zero-order valence-corrected chi connectivity index (χ0v) is 11.4. The van der Waals surface area contributed by atoms with E-state index in [-0.39, 0.29) is 5.91 Å². The van der Waals surface area contributed by atoms with Crippen LogP contribution in [0.2, 0.25) is 0 Å². The van der Waals surface area contributed by atoms with Crippen molar-refractivity contribution >= 4 is 5.91 Å². The molecule has 18 heavy (non-hydrogen) atoms. The zero-order valence-electron chi connectivity index (χ0n) is 11.4. The SMILES string of the molecule is Cc1cccc(CN(C)C(=O)CCCCCN)n1. The third-order valence-electron chi connectivity index (χ3n) is 2.87. The lowest BCUT2D eigenvalue weighted by molar-refractivity contribution is -0.130. The van der Waals surface area contributed by atoms with Crippen molar-refractivity contribution in [2.75, 3.05) is 13.6 Å². The Morgan fingerprint density at radius 1 is 1.33 bits per heavy atom. The number of aryl methyl sites for hydroxylation is 1. The van der Waals surface area contributed by atoms with Crippen molar-refractivity contribution in [1.29, 1.82) is 0 Å². The van der Waals surface area contributed by atoms with Gasteiger partial charge >= 0.3 is 0 Å². The molecule has 2 N–H and O–H groups in total. The van der Waals surface area contributed by atoms with Crippen LogP contribution in [0.1, 0.15) is 37.1 Å². The molecule has 0 fully saturated rings. The van der Waals surface area contributed by atoms with E-state index in [1.807, 2.05) is 32.2 Å². The Morgan fingerprint density at radius 3 is 2.78 bits per heavy atom. The number of hydrogen-bond acceptors (Lipinski definition) is 3. The summed E-state index contributed by atoms with van der Waals surface area (Å²) in [6.45, 7) is 3.24. The summed E-state index contributed by atoms with van der Waals surface area (Å²) in [5.41, 5.74) is 7.34. The molecule has 4 nitrogen and oxygen atoms in total. The fraction of sp³-hybridized carbons (Fsp3) is 0.571. The molecule has 0 aromatic carbocycles. The molecule has 1 rings (SSSR count). The number of aromatic nitrogens is 1. The van der Waals surface area contributed by atoms with Gasteiger partial charge in [0, 0.05) is 19.2 Å². The van der Waals surface area contributed by atoms with Crippen molar-refractivity contribution in [2.24, 2.45) is 5.73 Å². The molecular formula is C14H23N3O. The van der Waals surface area contributed by atoms with Gasteiger partial charge in [0.05, 0.1) is 12.2 Å². The highest BCUT2D eigenvalue weighted by molar-refractivity contribution is 5.75. The predicted octanol–water partition coefficient (Wildman–Crippen LogP) is 1.87. The second-order valence-corrected chi connectivity index (χ2v) is 4.62. The maximum atomic E-state index is 11.9. The smallest absolute Gasteiger partial charge is 0.222 e. The first-order valence-corrected chi connectivity index (χ1v) is 6.50. The highest BCUT2D eigenvalue weighted by Gasteiger charge is 2.09. The Bertz CT molecular complexity index is 379. The topological polar surface area (TPSA) is 59.2 Å². The summed E-state index contributed by atoms with van der Waals surface area (Å²) in [7, 11) is 1.83. The highest BCUT2D eigenvalue weighted by Crippen LogP contribution is 2.06. The van der Waals surface area contributed by atoms with Gasteiger partial charge in [0.1, 0.15) is 0 Å². The zero-order chi connectivity index (χ0) is 13.4.